The van der Waals surface area contributed by atoms with Crippen LogP contribution in [-0.2, 0) is 9.47 Å². The summed E-state index contributed by atoms with van der Waals surface area (Å²) in [5.74, 6) is 0.0323. The molecule has 118 valence electrons. The summed E-state index contributed by atoms with van der Waals surface area (Å²) in [6, 6.07) is 0.464. The van der Waals surface area contributed by atoms with Crippen LogP contribution < -0.4 is 16.4 Å². The van der Waals surface area contributed by atoms with Crippen LogP contribution in [0.4, 0.5) is 10.9 Å². The van der Waals surface area contributed by atoms with Crippen LogP contribution in [0.5, 0.6) is 0 Å². The molecule has 1 unspecified atom stereocenters. The van der Waals surface area contributed by atoms with Gasteiger partial charge in [0.1, 0.15) is 10.7 Å². The molecule has 1 aromatic rings. The van der Waals surface area contributed by atoms with E-state index in [0.29, 0.717) is 29.2 Å². The molecule has 1 fully saturated rings. The fourth-order valence-electron chi connectivity index (χ4n) is 1.97. The van der Waals surface area contributed by atoms with Gasteiger partial charge in [-0.05, 0) is 19.3 Å². The Morgan fingerprint density at radius 2 is 2.29 bits per heavy atom. The number of hydrogen-bond donors (Lipinski definition) is 3. The number of nitrogens with zero attached hydrogens (tertiary/aromatic N) is 1. The molecule has 0 aromatic carbocycles. The highest BCUT2D eigenvalue weighted by Gasteiger charge is 2.21. The largest absolute Gasteiger partial charge is 0.382 e. The lowest BCUT2D eigenvalue weighted by atomic mass is 9.93. The molecule has 1 amide bonds. The fourth-order valence-corrected chi connectivity index (χ4v) is 2.84. The van der Waals surface area contributed by atoms with Gasteiger partial charge < -0.3 is 25.8 Å². The summed E-state index contributed by atoms with van der Waals surface area (Å²) < 4.78 is 10.2. The van der Waals surface area contributed by atoms with E-state index in [2.05, 4.69) is 15.6 Å². The van der Waals surface area contributed by atoms with Crippen molar-refractivity contribution in [1.29, 1.82) is 0 Å². The van der Waals surface area contributed by atoms with Crippen LogP contribution in [0.25, 0.3) is 0 Å². The zero-order valence-corrected chi connectivity index (χ0v) is 13.2. The first-order chi connectivity index (χ1) is 10.1. The minimum atomic E-state index is -0.232. The summed E-state index contributed by atoms with van der Waals surface area (Å²) in [6.45, 7) is 0.787. The standard InChI is InChI=1S/C13H22N4O3S/c1-19-7-9(20-2)6-15-12(18)10-11(14)17-13(21-10)16-8-4-3-5-8/h8-9H,3-7,14H2,1-2H3,(H,15,18)(H,16,17). The number of amides is 1. The summed E-state index contributed by atoms with van der Waals surface area (Å²) in [5, 5.41) is 6.79. The number of hydrogen-bond acceptors (Lipinski definition) is 7. The Hall–Kier alpha value is -1.38. The molecule has 0 aliphatic heterocycles. The van der Waals surface area contributed by atoms with E-state index in [4.69, 9.17) is 15.2 Å². The molecule has 1 saturated carbocycles. The zero-order valence-electron chi connectivity index (χ0n) is 12.3. The highest BCUT2D eigenvalue weighted by Crippen LogP contribution is 2.29. The van der Waals surface area contributed by atoms with Crippen molar-refractivity contribution in [3.05, 3.63) is 4.88 Å². The highest BCUT2D eigenvalue weighted by atomic mass is 32.1. The number of nitrogen functional groups attached to an aromatic ring is 1. The van der Waals surface area contributed by atoms with Gasteiger partial charge in [-0.2, -0.15) is 0 Å². The van der Waals surface area contributed by atoms with Gasteiger partial charge >= 0.3 is 0 Å². The van der Waals surface area contributed by atoms with Gasteiger partial charge in [0.15, 0.2) is 5.13 Å². The van der Waals surface area contributed by atoms with Gasteiger partial charge in [-0.25, -0.2) is 4.98 Å². The van der Waals surface area contributed by atoms with Crippen molar-refractivity contribution in [3.8, 4) is 0 Å². The van der Waals surface area contributed by atoms with Gasteiger partial charge in [0.25, 0.3) is 5.91 Å². The van der Waals surface area contributed by atoms with Crippen molar-refractivity contribution in [3.63, 3.8) is 0 Å². The Balaban J connectivity index is 1.89. The summed E-state index contributed by atoms with van der Waals surface area (Å²) in [5.41, 5.74) is 5.82. The minimum absolute atomic E-state index is 0.180. The summed E-state index contributed by atoms with van der Waals surface area (Å²) in [7, 11) is 3.17. The van der Waals surface area contributed by atoms with E-state index in [-0.39, 0.29) is 17.8 Å². The maximum Gasteiger partial charge on any atom is 0.265 e. The van der Waals surface area contributed by atoms with Crippen molar-refractivity contribution in [2.45, 2.75) is 31.4 Å². The first kappa shape index (κ1) is 16.0. The lowest BCUT2D eigenvalue weighted by Gasteiger charge is -2.25. The Morgan fingerprint density at radius 3 is 2.86 bits per heavy atom. The summed E-state index contributed by atoms with van der Waals surface area (Å²) in [6.07, 6.45) is 3.35. The van der Waals surface area contributed by atoms with Gasteiger partial charge in [0.2, 0.25) is 0 Å². The van der Waals surface area contributed by atoms with Crippen LogP contribution in [0.15, 0.2) is 0 Å². The SMILES string of the molecule is COCC(CNC(=O)c1sc(NC2CCC2)nc1N)OC. The molecule has 0 radical (unpaired) electrons. The van der Waals surface area contributed by atoms with Crippen LogP contribution in [-0.4, -0.2) is 50.4 Å². The second-order valence-electron chi connectivity index (χ2n) is 5.03. The van der Waals surface area contributed by atoms with Crippen molar-refractivity contribution < 1.29 is 14.3 Å². The third kappa shape index (κ3) is 4.29. The van der Waals surface area contributed by atoms with Crippen molar-refractivity contribution in [2.75, 3.05) is 38.4 Å². The number of nitrogens with two attached hydrogens (primary N) is 1. The van der Waals surface area contributed by atoms with E-state index < -0.39 is 0 Å². The maximum absolute atomic E-state index is 12.1. The number of nitrogens with one attached hydrogen (secondary N) is 2. The number of thiazole rings is 1. The Kier molecular flexibility index (Phi) is 5.77. The van der Waals surface area contributed by atoms with Gasteiger partial charge in [-0.3, -0.25) is 4.79 Å². The van der Waals surface area contributed by atoms with Crippen molar-refractivity contribution >= 4 is 28.2 Å². The first-order valence-electron chi connectivity index (χ1n) is 6.96. The van der Waals surface area contributed by atoms with Gasteiger partial charge in [0, 0.05) is 26.8 Å². The predicted molar refractivity (Wildman–Crippen MR) is 82.8 cm³/mol. The molecular formula is C13H22N4O3S. The molecule has 8 heteroatoms. The zero-order chi connectivity index (χ0) is 15.2. The second kappa shape index (κ2) is 7.58. The van der Waals surface area contributed by atoms with E-state index in [1.54, 1.807) is 14.2 Å². The van der Waals surface area contributed by atoms with Gasteiger partial charge in [-0.1, -0.05) is 11.3 Å². The third-order valence-corrected chi connectivity index (χ3v) is 4.47. The lowest BCUT2D eigenvalue weighted by Crippen LogP contribution is -2.35. The predicted octanol–water partition coefficient (Wildman–Crippen LogP) is 1.08. The van der Waals surface area contributed by atoms with E-state index >= 15 is 0 Å². The van der Waals surface area contributed by atoms with Crippen molar-refractivity contribution in [1.82, 2.24) is 10.3 Å². The monoisotopic (exact) mass is 314 g/mol. The van der Waals surface area contributed by atoms with Crippen molar-refractivity contribution in [2.24, 2.45) is 0 Å². The quantitative estimate of drug-likeness (QED) is 0.664. The minimum Gasteiger partial charge on any atom is -0.382 e. The molecule has 21 heavy (non-hydrogen) atoms. The van der Waals surface area contributed by atoms with E-state index in [9.17, 15) is 4.79 Å². The maximum atomic E-state index is 12.1. The number of methoxy groups -OCH3 is 2. The van der Waals surface area contributed by atoms with E-state index in [1.807, 2.05) is 0 Å². The van der Waals surface area contributed by atoms with Gasteiger partial charge in [0.05, 0.1) is 12.7 Å². The average Bonchev–Trinajstić information content (AvgIpc) is 2.79. The van der Waals surface area contributed by atoms with Crippen LogP contribution in [0.1, 0.15) is 28.9 Å². The first-order valence-corrected chi connectivity index (χ1v) is 7.78. The molecule has 0 bridgehead atoms. The average molecular weight is 314 g/mol. The number of aromatic nitrogens is 1. The molecule has 0 saturated heterocycles. The number of anilines is 2. The Bertz CT molecular complexity index is 476. The van der Waals surface area contributed by atoms with E-state index in [0.717, 1.165) is 12.8 Å². The number of rotatable bonds is 8. The Labute approximate surface area is 128 Å². The van der Waals surface area contributed by atoms with Crippen LogP contribution in [0.3, 0.4) is 0 Å². The molecule has 1 aliphatic rings. The summed E-state index contributed by atoms with van der Waals surface area (Å²) in [4.78, 5) is 16.8. The summed E-state index contributed by atoms with van der Waals surface area (Å²) >= 11 is 1.29. The number of ether oxygens (including phenoxy) is 2. The molecule has 1 heterocycles. The molecule has 2 rings (SSSR count). The molecule has 1 atom stereocenters. The third-order valence-electron chi connectivity index (χ3n) is 3.47. The lowest BCUT2D eigenvalue weighted by molar-refractivity contribution is 0.0286. The molecule has 1 aliphatic carbocycles. The van der Waals surface area contributed by atoms with Crippen LogP contribution in [0.2, 0.25) is 0 Å². The highest BCUT2D eigenvalue weighted by molar-refractivity contribution is 7.18. The molecule has 7 nitrogen and oxygen atoms in total. The van der Waals surface area contributed by atoms with Crippen LogP contribution >= 0.6 is 11.3 Å². The second-order valence-corrected chi connectivity index (χ2v) is 6.03. The fraction of sp³-hybridized carbons (Fsp3) is 0.692. The topological polar surface area (TPSA) is 98.5 Å². The smallest absolute Gasteiger partial charge is 0.265 e. The molecule has 4 N–H and O–H groups in total. The molecular weight excluding hydrogens is 292 g/mol. The molecule has 1 aromatic heterocycles. The van der Waals surface area contributed by atoms with Gasteiger partial charge in [-0.15, -0.1) is 0 Å². The van der Waals surface area contributed by atoms with Crippen LogP contribution in [0, 0.1) is 0 Å². The molecule has 0 spiro atoms. The normalized spacial score (nSPS) is 16.3. The van der Waals surface area contributed by atoms with E-state index in [1.165, 1.54) is 17.8 Å². The number of carbonyl (C=O) groups excluding carboxylic acids is 1. The Morgan fingerprint density at radius 1 is 1.52 bits per heavy atom. The number of carbonyl (C=O) groups is 1.